The van der Waals surface area contributed by atoms with Crippen molar-refractivity contribution in [3.8, 4) is 0 Å². The minimum Gasteiger partial charge on any atom is -0.372 e. The molecule has 0 spiro atoms. The third-order valence-electron chi connectivity index (χ3n) is 2.67. The molecule has 2 N–H and O–H groups in total. The zero-order valence-corrected chi connectivity index (χ0v) is 10.2. The summed E-state index contributed by atoms with van der Waals surface area (Å²) in [6.45, 7) is 1.06. The van der Waals surface area contributed by atoms with E-state index in [4.69, 9.17) is 10.5 Å². The summed E-state index contributed by atoms with van der Waals surface area (Å²) in [4.78, 5) is 8.32. The Bertz CT molecular complexity index is 447. The van der Waals surface area contributed by atoms with Crippen molar-refractivity contribution in [1.82, 2.24) is 9.97 Å². The first-order chi connectivity index (χ1) is 8.90. The maximum atomic E-state index is 5.78. The molecule has 2 aromatic rings. The zero-order chi connectivity index (χ0) is 12.6. The Balaban J connectivity index is 1.85. The second-order valence-electron chi connectivity index (χ2n) is 3.95. The van der Waals surface area contributed by atoms with Crippen molar-refractivity contribution in [2.75, 3.05) is 13.2 Å². The van der Waals surface area contributed by atoms with Crippen LogP contribution in [0.4, 0.5) is 0 Å². The van der Waals surface area contributed by atoms with Gasteiger partial charge in [-0.2, -0.15) is 0 Å². The Kier molecular flexibility index (Phi) is 4.81. The third kappa shape index (κ3) is 3.61. The van der Waals surface area contributed by atoms with Crippen molar-refractivity contribution in [2.24, 2.45) is 5.73 Å². The van der Waals surface area contributed by atoms with Crippen LogP contribution in [0.1, 0.15) is 17.4 Å². The summed E-state index contributed by atoms with van der Waals surface area (Å²) >= 11 is 0. The van der Waals surface area contributed by atoms with Crippen LogP contribution in [0.3, 0.4) is 0 Å². The Labute approximate surface area is 107 Å². The second kappa shape index (κ2) is 6.83. The minimum atomic E-state index is -0.0950. The van der Waals surface area contributed by atoms with Gasteiger partial charge in [0.1, 0.15) is 0 Å². The Morgan fingerprint density at radius 3 is 2.78 bits per heavy atom. The fourth-order valence-corrected chi connectivity index (χ4v) is 1.72. The number of hydrogen-bond donors (Lipinski definition) is 1. The maximum Gasteiger partial charge on any atom is 0.0962 e. The van der Waals surface area contributed by atoms with Crippen molar-refractivity contribution >= 4 is 0 Å². The third-order valence-corrected chi connectivity index (χ3v) is 2.67. The fraction of sp³-hybridized carbons (Fsp3) is 0.286. The fourth-order valence-electron chi connectivity index (χ4n) is 1.72. The van der Waals surface area contributed by atoms with Crippen molar-refractivity contribution in [3.63, 3.8) is 0 Å². The van der Waals surface area contributed by atoms with Crippen LogP contribution in [0.15, 0.2) is 48.9 Å². The SMILES string of the molecule is NCC(OCCc1ccccn1)c1cccnc1. The highest BCUT2D eigenvalue weighted by atomic mass is 16.5. The van der Waals surface area contributed by atoms with Crippen LogP contribution in [-0.2, 0) is 11.2 Å². The molecule has 94 valence electrons. The van der Waals surface area contributed by atoms with E-state index in [0.717, 1.165) is 17.7 Å². The predicted octanol–water partition coefficient (Wildman–Crippen LogP) is 1.74. The molecule has 2 aromatic heterocycles. The highest BCUT2D eigenvalue weighted by Crippen LogP contribution is 2.14. The summed E-state index contributed by atoms with van der Waals surface area (Å²) in [5, 5.41) is 0. The molecule has 18 heavy (non-hydrogen) atoms. The molecule has 0 saturated heterocycles. The van der Waals surface area contributed by atoms with E-state index in [1.165, 1.54) is 0 Å². The van der Waals surface area contributed by atoms with Gasteiger partial charge in [-0.05, 0) is 18.2 Å². The number of aromatic nitrogens is 2. The molecule has 4 heteroatoms. The molecule has 0 saturated carbocycles. The number of nitrogens with two attached hydrogens (primary N) is 1. The molecule has 0 bridgehead atoms. The van der Waals surface area contributed by atoms with Crippen LogP contribution in [0.5, 0.6) is 0 Å². The van der Waals surface area contributed by atoms with Crippen molar-refractivity contribution < 1.29 is 4.74 Å². The molecule has 0 fully saturated rings. The molecule has 2 heterocycles. The highest BCUT2D eigenvalue weighted by Gasteiger charge is 2.09. The molecular weight excluding hydrogens is 226 g/mol. The molecule has 1 unspecified atom stereocenters. The lowest BCUT2D eigenvalue weighted by molar-refractivity contribution is 0.0602. The van der Waals surface area contributed by atoms with E-state index in [2.05, 4.69) is 9.97 Å². The molecular formula is C14H17N3O. The summed E-state index contributed by atoms with van der Waals surface area (Å²) in [5.41, 5.74) is 7.76. The second-order valence-corrected chi connectivity index (χ2v) is 3.95. The average molecular weight is 243 g/mol. The average Bonchev–Trinajstić information content (AvgIpc) is 2.46. The molecule has 1 atom stereocenters. The Hall–Kier alpha value is -1.78. The van der Waals surface area contributed by atoms with Crippen LogP contribution >= 0.6 is 0 Å². The number of rotatable bonds is 6. The van der Waals surface area contributed by atoms with E-state index in [1.807, 2.05) is 30.3 Å². The zero-order valence-electron chi connectivity index (χ0n) is 10.2. The summed E-state index contributed by atoms with van der Waals surface area (Å²) in [7, 11) is 0. The monoisotopic (exact) mass is 243 g/mol. The van der Waals surface area contributed by atoms with E-state index in [1.54, 1.807) is 18.6 Å². The molecule has 0 aliphatic rings. The standard InChI is InChI=1S/C14H17N3O/c15-10-14(12-4-3-7-16-11-12)18-9-6-13-5-1-2-8-17-13/h1-5,7-8,11,14H,6,9-10,15H2. The number of nitrogens with zero attached hydrogens (tertiary/aromatic N) is 2. The smallest absolute Gasteiger partial charge is 0.0962 e. The molecule has 0 aromatic carbocycles. The predicted molar refractivity (Wildman–Crippen MR) is 69.9 cm³/mol. The summed E-state index contributed by atoms with van der Waals surface area (Å²) in [6.07, 6.45) is 6.01. The van der Waals surface area contributed by atoms with Crippen LogP contribution in [0, 0.1) is 0 Å². The lowest BCUT2D eigenvalue weighted by Crippen LogP contribution is -2.17. The number of hydrogen-bond acceptors (Lipinski definition) is 4. The van der Waals surface area contributed by atoms with E-state index in [0.29, 0.717) is 13.2 Å². The van der Waals surface area contributed by atoms with Gasteiger partial charge in [-0.3, -0.25) is 9.97 Å². The summed E-state index contributed by atoms with van der Waals surface area (Å²) in [6, 6.07) is 9.74. The van der Waals surface area contributed by atoms with Gasteiger partial charge in [0.25, 0.3) is 0 Å². The number of pyridine rings is 2. The summed E-state index contributed by atoms with van der Waals surface area (Å²) < 4.78 is 5.78. The Morgan fingerprint density at radius 1 is 1.17 bits per heavy atom. The van der Waals surface area contributed by atoms with Gasteiger partial charge in [-0.15, -0.1) is 0 Å². The molecule has 0 amide bonds. The Morgan fingerprint density at radius 2 is 2.11 bits per heavy atom. The van der Waals surface area contributed by atoms with Gasteiger partial charge in [0, 0.05) is 42.8 Å². The minimum absolute atomic E-state index is 0.0950. The largest absolute Gasteiger partial charge is 0.372 e. The quantitative estimate of drug-likeness (QED) is 0.839. The molecule has 4 nitrogen and oxygen atoms in total. The van der Waals surface area contributed by atoms with Crippen LogP contribution in [-0.4, -0.2) is 23.1 Å². The van der Waals surface area contributed by atoms with Gasteiger partial charge >= 0.3 is 0 Å². The van der Waals surface area contributed by atoms with Crippen molar-refractivity contribution in [3.05, 3.63) is 60.2 Å². The maximum absolute atomic E-state index is 5.78. The van der Waals surface area contributed by atoms with Gasteiger partial charge < -0.3 is 10.5 Å². The first-order valence-electron chi connectivity index (χ1n) is 6.01. The lowest BCUT2D eigenvalue weighted by Gasteiger charge is -2.15. The van der Waals surface area contributed by atoms with Gasteiger partial charge in [-0.25, -0.2) is 0 Å². The molecule has 2 rings (SSSR count). The van der Waals surface area contributed by atoms with Gasteiger partial charge in [0.15, 0.2) is 0 Å². The first kappa shape index (κ1) is 12.7. The van der Waals surface area contributed by atoms with Crippen LogP contribution < -0.4 is 5.73 Å². The highest BCUT2D eigenvalue weighted by molar-refractivity contribution is 5.12. The van der Waals surface area contributed by atoms with Gasteiger partial charge in [-0.1, -0.05) is 12.1 Å². The molecule has 0 radical (unpaired) electrons. The van der Waals surface area contributed by atoms with Crippen molar-refractivity contribution in [1.29, 1.82) is 0 Å². The van der Waals surface area contributed by atoms with E-state index < -0.39 is 0 Å². The van der Waals surface area contributed by atoms with E-state index in [-0.39, 0.29) is 6.10 Å². The van der Waals surface area contributed by atoms with Crippen molar-refractivity contribution in [2.45, 2.75) is 12.5 Å². The summed E-state index contributed by atoms with van der Waals surface area (Å²) in [5.74, 6) is 0. The molecule has 0 aliphatic heterocycles. The van der Waals surface area contributed by atoms with Gasteiger partial charge in [0.2, 0.25) is 0 Å². The molecule has 0 aliphatic carbocycles. The van der Waals surface area contributed by atoms with Crippen LogP contribution in [0.25, 0.3) is 0 Å². The lowest BCUT2D eigenvalue weighted by atomic mass is 10.1. The first-order valence-corrected chi connectivity index (χ1v) is 6.01. The number of ether oxygens (including phenoxy) is 1. The van der Waals surface area contributed by atoms with E-state index in [9.17, 15) is 0 Å². The normalized spacial score (nSPS) is 12.3. The van der Waals surface area contributed by atoms with E-state index >= 15 is 0 Å². The topological polar surface area (TPSA) is 61.0 Å². The van der Waals surface area contributed by atoms with Crippen LogP contribution in [0.2, 0.25) is 0 Å². The van der Waals surface area contributed by atoms with Gasteiger partial charge in [0.05, 0.1) is 12.7 Å².